The van der Waals surface area contributed by atoms with Crippen molar-refractivity contribution in [1.29, 1.82) is 0 Å². The van der Waals surface area contributed by atoms with E-state index in [0.717, 1.165) is 11.3 Å². The fourth-order valence-corrected chi connectivity index (χ4v) is 2.51. The van der Waals surface area contributed by atoms with Gasteiger partial charge in [0.15, 0.2) is 0 Å². The third-order valence-corrected chi connectivity index (χ3v) is 3.64. The molecule has 0 atom stereocenters. The first kappa shape index (κ1) is 15.0. The molecule has 0 radical (unpaired) electrons. The van der Waals surface area contributed by atoms with Crippen LogP contribution in [0.1, 0.15) is 11.3 Å². The Morgan fingerprint density at radius 3 is 2.78 bits per heavy atom. The van der Waals surface area contributed by atoms with E-state index in [0.29, 0.717) is 16.7 Å². The lowest BCUT2D eigenvalue weighted by Gasteiger charge is -2.08. The van der Waals surface area contributed by atoms with Gasteiger partial charge in [-0.05, 0) is 25.5 Å². The zero-order valence-electron chi connectivity index (χ0n) is 13.2. The van der Waals surface area contributed by atoms with Crippen LogP contribution in [-0.2, 0) is 18.4 Å². The molecule has 1 N–H and O–H groups in total. The van der Waals surface area contributed by atoms with Gasteiger partial charge in [-0.25, -0.2) is 4.98 Å². The monoisotopic (exact) mass is 311 g/mol. The molecule has 1 aromatic carbocycles. The molecule has 7 nitrogen and oxygen atoms in total. The Morgan fingerprint density at radius 1 is 1.30 bits per heavy atom. The van der Waals surface area contributed by atoms with Crippen molar-refractivity contribution in [1.82, 2.24) is 19.3 Å². The summed E-state index contributed by atoms with van der Waals surface area (Å²) >= 11 is 0. The summed E-state index contributed by atoms with van der Waals surface area (Å²) in [7, 11) is 1.75. The summed E-state index contributed by atoms with van der Waals surface area (Å²) in [6.07, 6.45) is 1.41. The van der Waals surface area contributed by atoms with Crippen molar-refractivity contribution >= 4 is 22.6 Å². The number of nitrogens with one attached hydrogen (secondary N) is 1. The Morgan fingerprint density at radius 2 is 2.09 bits per heavy atom. The SMILES string of the molecule is Cc1cc(NC(=O)Cn2cnc3c(C)cccc3c2=O)n(C)n1. The van der Waals surface area contributed by atoms with Gasteiger partial charge in [0.1, 0.15) is 12.4 Å². The van der Waals surface area contributed by atoms with Crippen molar-refractivity contribution in [3.05, 3.63) is 52.2 Å². The smallest absolute Gasteiger partial charge is 0.261 e. The first-order chi connectivity index (χ1) is 11.0. The fraction of sp³-hybridized carbons (Fsp3) is 0.250. The zero-order chi connectivity index (χ0) is 16.6. The van der Waals surface area contributed by atoms with Gasteiger partial charge in [-0.1, -0.05) is 12.1 Å². The lowest BCUT2D eigenvalue weighted by Crippen LogP contribution is -2.28. The number of para-hydroxylation sites is 1. The number of carbonyl (C=O) groups is 1. The molecular weight excluding hydrogens is 294 g/mol. The number of aromatic nitrogens is 4. The quantitative estimate of drug-likeness (QED) is 0.792. The van der Waals surface area contributed by atoms with Crippen LogP contribution in [0, 0.1) is 13.8 Å². The third kappa shape index (κ3) is 2.85. The van der Waals surface area contributed by atoms with Gasteiger partial charge in [-0.15, -0.1) is 0 Å². The van der Waals surface area contributed by atoms with Crippen molar-refractivity contribution in [2.45, 2.75) is 20.4 Å². The minimum atomic E-state index is -0.302. The van der Waals surface area contributed by atoms with Crippen molar-refractivity contribution in [3.63, 3.8) is 0 Å². The highest BCUT2D eigenvalue weighted by atomic mass is 16.2. The van der Waals surface area contributed by atoms with E-state index in [1.54, 1.807) is 23.9 Å². The molecule has 3 aromatic rings. The Labute approximate surface area is 132 Å². The third-order valence-electron chi connectivity index (χ3n) is 3.64. The van der Waals surface area contributed by atoms with Crippen molar-refractivity contribution < 1.29 is 4.79 Å². The lowest BCUT2D eigenvalue weighted by molar-refractivity contribution is -0.116. The molecule has 0 saturated heterocycles. The number of rotatable bonds is 3. The summed E-state index contributed by atoms with van der Waals surface area (Å²) in [5.41, 5.74) is 2.18. The van der Waals surface area contributed by atoms with Gasteiger partial charge in [-0.3, -0.25) is 18.8 Å². The molecule has 0 unspecified atom stereocenters. The van der Waals surface area contributed by atoms with E-state index in [1.165, 1.54) is 10.9 Å². The largest absolute Gasteiger partial charge is 0.309 e. The molecule has 0 aliphatic rings. The number of hydrogen-bond acceptors (Lipinski definition) is 4. The van der Waals surface area contributed by atoms with Crippen LogP contribution in [0.4, 0.5) is 5.82 Å². The van der Waals surface area contributed by atoms with Gasteiger partial charge in [0.2, 0.25) is 5.91 Å². The average Bonchev–Trinajstić information content (AvgIpc) is 2.80. The Hall–Kier alpha value is -2.96. The molecule has 2 aromatic heterocycles. The molecule has 23 heavy (non-hydrogen) atoms. The number of aryl methyl sites for hydroxylation is 3. The number of nitrogens with zero attached hydrogens (tertiary/aromatic N) is 4. The molecule has 1 amide bonds. The molecule has 118 valence electrons. The van der Waals surface area contributed by atoms with E-state index >= 15 is 0 Å². The summed E-state index contributed by atoms with van der Waals surface area (Å²) in [4.78, 5) is 28.9. The lowest BCUT2D eigenvalue weighted by atomic mass is 10.1. The summed E-state index contributed by atoms with van der Waals surface area (Å²) in [6, 6.07) is 7.19. The van der Waals surface area contributed by atoms with Gasteiger partial charge >= 0.3 is 0 Å². The normalized spacial score (nSPS) is 10.9. The molecule has 0 aliphatic carbocycles. The van der Waals surface area contributed by atoms with E-state index in [4.69, 9.17) is 0 Å². The number of amides is 1. The van der Waals surface area contributed by atoms with Crippen LogP contribution >= 0.6 is 0 Å². The molecule has 0 bridgehead atoms. The van der Waals surface area contributed by atoms with Crippen molar-refractivity contribution in [2.75, 3.05) is 5.32 Å². The fourth-order valence-electron chi connectivity index (χ4n) is 2.51. The highest BCUT2D eigenvalue weighted by Crippen LogP contribution is 2.11. The van der Waals surface area contributed by atoms with E-state index in [2.05, 4.69) is 15.4 Å². The van der Waals surface area contributed by atoms with Gasteiger partial charge in [-0.2, -0.15) is 5.10 Å². The molecule has 0 aliphatic heterocycles. The van der Waals surface area contributed by atoms with Crippen LogP contribution in [0.3, 0.4) is 0 Å². The summed E-state index contributed by atoms with van der Waals surface area (Å²) in [5, 5.41) is 7.41. The second-order valence-corrected chi connectivity index (χ2v) is 5.49. The topological polar surface area (TPSA) is 81.8 Å². The van der Waals surface area contributed by atoms with Crippen LogP contribution in [-0.4, -0.2) is 25.2 Å². The number of hydrogen-bond donors (Lipinski definition) is 1. The summed E-state index contributed by atoms with van der Waals surface area (Å²) < 4.78 is 2.89. The van der Waals surface area contributed by atoms with E-state index in [9.17, 15) is 9.59 Å². The van der Waals surface area contributed by atoms with Crippen LogP contribution < -0.4 is 10.9 Å². The number of carbonyl (C=O) groups excluding carboxylic acids is 1. The van der Waals surface area contributed by atoms with Crippen molar-refractivity contribution in [2.24, 2.45) is 7.05 Å². The first-order valence-electron chi connectivity index (χ1n) is 7.21. The minimum Gasteiger partial charge on any atom is -0.309 e. The van der Waals surface area contributed by atoms with Gasteiger partial charge < -0.3 is 5.32 Å². The van der Waals surface area contributed by atoms with E-state index < -0.39 is 0 Å². The van der Waals surface area contributed by atoms with E-state index in [1.807, 2.05) is 26.0 Å². The highest BCUT2D eigenvalue weighted by molar-refractivity contribution is 5.90. The maximum absolute atomic E-state index is 12.5. The van der Waals surface area contributed by atoms with Crippen LogP contribution in [0.5, 0.6) is 0 Å². The molecule has 0 spiro atoms. The Kier molecular flexibility index (Phi) is 3.69. The molecule has 0 fully saturated rings. The van der Waals surface area contributed by atoms with Crippen LogP contribution in [0.15, 0.2) is 35.4 Å². The number of anilines is 1. The summed E-state index contributed by atoms with van der Waals surface area (Å²) in [6.45, 7) is 3.65. The first-order valence-corrected chi connectivity index (χ1v) is 7.21. The van der Waals surface area contributed by atoms with Crippen LogP contribution in [0.2, 0.25) is 0 Å². The number of fused-ring (bicyclic) bond motifs is 1. The second kappa shape index (κ2) is 5.68. The van der Waals surface area contributed by atoms with Gasteiger partial charge in [0.05, 0.1) is 22.9 Å². The average molecular weight is 311 g/mol. The predicted octanol–water partition coefficient (Wildman–Crippen LogP) is 1.39. The predicted molar refractivity (Wildman–Crippen MR) is 87.3 cm³/mol. The van der Waals surface area contributed by atoms with Crippen LogP contribution in [0.25, 0.3) is 10.9 Å². The molecule has 2 heterocycles. The van der Waals surface area contributed by atoms with Gasteiger partial charge in [0, 0.05) is 13.1 Å². The van der Waals surface area contributed by atoms with Gasteiger partial charge in [0.25, 0.3) is 5.56 Å². The molecule has 0 saturated carbocycles. The maximum Gasteiger partial charge on any atom is 0.261 e. The maximum atomic E-state index is 12.5. The molecule has 3 rings (SSSR count). The van der Waals surface area contributed by atoms with Crippen molar-refractivity contribution in [3.8, 4) is 0 Å². The van der Waals surface area contributed by atoms with E-state index in [-0.39, 0.29) is 18.0 Å². The number of benzene rings is 1. The summed E-state index contributed by atoms with van der Waals surface area (Å²) in [5.74, 6) is 0.286. The highest BCUT2D eigenvalue weighted by Gasteiger charge is 2.11. The molecular formula is C16H17N5O2. The molecule has 7 heteroatoms. The minimum absolute atomic E-state index is 0.0973. The zero-order valence-corrected chi connectivity index (χ0v) is 13.2. The standard InChI is InChI=1S/C16H17N5O2/c1-10-5-4-6-12-15(10)17-9-21(16(12)23)8-14(22)18-13-7-11(2)19-20(13)3/h4-7,9H,8H2,1-3H3,(H,18,22). The second-order valence-electron chi connectivity index (χ2n) is 5.49. The Balaban J connectivity index is 1.87. The Bertz CT molecular complexity index is 955.